The quantitative estimate of drug-likeness (QED) is 0.449. The number of guanidine groups is 1. The van der Waals surface area contributed by atoms with Gasteiger partial charge >= 0.3 is 6.18 Å². The molecule has 28 heavy (non-hydrogen) atoms. The Bertz CT molecular complexity index is 804. The zero-order valence-corrected chi connectivity index (χ0v) is 15.8. The van der Waals surface area contributed by atoms with Crippen molar-refractivity contribution in [1.82, 2.24) is 15.5 Å². The Labute approximate surface area is 162 Å². The van der Waals surface area contributed by atoms with Crippen molar-refractivity contribution in [2.75, 3.05) is 39.8 Å². The van der Waals surface area contributed by atoms with E-state index in [2.05, 4.69) is 15.6 Å². The lowest BCUT2D eigenvalue weighted by Crippen LogP contribution is -2.46. The summed E-state index contributed by atoms with van der Waals surface area (Å²) in [7, 11) is 1.64. The first-order valence-electron chi connectivity index (χ1n) is 9.31. The van der Waals surface area contributed by atoms with Gasteiger partial charge in [-0.15, -0.1) is 0 Å². The number of nitrogens with zero attached hydrogens (tertiary/aromatic N) is 2. The Morgan fingerprint density at radius 1 is 1.21 bits per heavy atom. The van der Waals surface area contributed by atoms with Crippen molar-refractivity contribution in [3.8, 4) is 5.75 Å². The van der Waals surface area contributed by atoms with Gasteiger partial charge in [-0.3, -0.25) is 9.89 Å². The SMILES string of the molecule is CN=C(NCCOc1cccc2ccccc12)NC1CCN(CC(F)(F)F)C1. The number of aliphatic imine (C=N–C) groups is 1. The molecule has 8 heteroatoms. The molecule has 0 radical (unpaired) electrons. The topological polar surface area (TPSA) is 48.9 Å². The smallest absolute Gasteiger partial charge is 0.401 e. The van der Waals surface area contributed by atoms with Crippen LogP contribution in [0.15, 0.2) is 47.5 Å². The maximum atomic E-state index is 12.5. The van der Waals surface area contributed by atoms with Crippen molar-refractivity contribution in [2.45, 2.75) is 18.6 Å². The minimum absolute atomic E-state index is 0.0486. The first kappa shape index (κ1) is 20.3. The lowest BCUT2D eigenvalue weighted by atomic mass is 10.1. The number of nitrogens with one attached hydrogen (secondary N) is 2. The van der Waals surface area contributed by atoms with Crippen LogP contribution in [0.1, 0.15) is 6.42 Å². The fourth-order valence-corrected chi connectivity index (χ4v) is 3.39. The van der Waals surface area contributed by atoms with Crippen LogP contribution in [0.25, 0.3) is 10.8 Å². The number of alkyl halides is 3. The van der Waals surface area contributed by atoms with Crippen LogP contribution in [-0.2, 0) is 0 Å². The van der Waals surface area contributed by atoms with Crippen LogP contribution in [0.2, 0.25) is 0 Å². The van der Waals surface area contributed by atoms with E-state index in [-0.39, 0.29) is 6.04 Å². The van der Waals surface area contributed by atoms with E-state index in [1.165, 1.54) is 4.90 Å². The standard InChI is InChI=1S/C20H25F3N4O/c1-24-19(26-16-9-11-27(13-16)14-20(21,22)23)25-10-12-28-18-8-4-6-15-5-2-3-7-17(15)18/h2-8,16H,9-14H2,1H3,(H2,24,25,26). The number of likely N-dealkylation sites (tertiary alicyclic amines) is 1. The van der Waals surface area contributed by atoms with Gasteiger partial charge in [-0.1, -0.05) is 36.4 Å². The lowest BCUT2D eigenvalue weighted by Gasteiger charge is -2.20. The highest BCUT2D eigenvalue weighted by molar-refractivity contribution is 5.88. The summed E-state index contributed by atoms with van der Waals surface area (Å²) in [5.41, 5.74) is 0. The lowest BCUT2D eigenvalue weighted by molar-refractivity contribution is -0.143. The second kappa shape index (κ2) is 9.14. The van der Waals surface area contributed by atoms with Gasteiger partial charge in [-0.25, -0.2) is 0 Å². The van der Waals surface area contributed by atoms with Crippen molar-refractivity contribution in [3.63, 3.8) is 0 Å². The number of rotatable bonds is 6. The van der Waals surface area contributed by atoms with Gasteiger partial charge in [0.05, 0.1) is 13.1 Å². The molecule has 1 heterocycles. The molecule has 1 aliphatic heterocycles. The average molecular weight is 394 g/mol. The minimum atomic E-state index is -4.16. The van der Waals surface area contributed by atoms with Crippen LogP contribution >= 0.6 is 0 Å². The molecular formula is C20H25F3N4O. The molecule has 1 aliphatic rings. The van der Waals surface area contributed by atoms with Gasteiger partial charge in [0.1, 0.15) is 12.4 Å². The zero-order valence-electron chi connectivity index (χ0n) is 15.8. The summed E-state index contributed by atoms with van der Waals surface area (Å²) in [6.45, 7) is 0.891. The molecule has 0 aromatic heterocycles. The van der Waals surface area contributed by atoms with Crippen LogP contribution in [0.4, 0.5) is 13.2 Å². The average Bonchev–Trinajstić information content (AvgIpc) is 3.09. The summed E-state index contributed by atoms with van der Waals surface area (Å²) in [5.74, 6) is 1.39. The Morgan fingerprint density at radius 2 is 2.00 bits per heavy atom. The van der Waals surface area contributed by atoms with Gasteiger partial charge in [0.2, 0.25) is 0 Å². The number of benzene rings is 2. The van der Waals surface area contributed by atoms with E-state index >= 15 is 0 Å². The fourth-order valence-electron chi connectivity index (χ4n) is 3.39. The van der Waals surface area contributed by atoms with E-state index in [1.807, 2.05) is 42.5 Å². The van der Waals surface area contributed by atoms with Gasteiger partial charge in [0, 0.05) is 31.6 Å². The predicted octanol–water partition coefficient (Wildman–Crippen LogP) is 3.02. The molecule has 5 nitrogen and oxygen atoms in total. The molecule has 1 saturated heterocycles. The van der Waals surface area contributed by atoms with E-state index in [9.17, 15) is 13.2 Å². The third-order valence-electron chi connectivity index (χ3n) is 4.64. The fraction of sp³-hybridized carbons (Fsp3) is 0.450. The first-order valence-corrected chi connectivity index (χ1v) is 9.31. The normalized spacial score (nSPS) is 18.4. The summed E-state index contributed by atoms with van der Waals surface area (Å²) >= 11 is 0. The molecule has 152 valence electrons. The van der Waals surface area contributed by atoms with E-state index in [0.717, 1.165) is 16.5 Å². The summed E-state index contributed by atoms with van der Waals surface area (Å²) in [5, 5.41) is 8.51. The van der Waals surface area contributed by atoms with Crippen molar-refractivity contribution >= 4 is 16.7 Å². The third kappa shape index (κ3) is 5.76. The van der Waals surface area contributed by atoms with Gasteiger partial charge in [0.25, 0.3) is 0 Å². The molecule has 3 rings (SSSR count). The summed E-state index contributed by atoms with van der Waals surface area (Å²) < 4.78 is 43.4. The number of hydrogen-bond acceptors (Lipinski definition) is 3. The molecule has 1 atom stereocenters. The molecule has 2 aromatic carbocycles. The summed E-state index contributed by atoms with van der Waals surface area (Å²) in [4.78, 5) is 5.56. The highest BCUT2D eigenvalue weighted by Gasteiger charge is 2.34. The van der Waals surface area contributed by atoms with Crippen molar-refractivity contribution in [3.05, 3.63) is 42.5 Å². The van der Waals surface area contributed by atoms with Crippen molar-refractivity contribution in [2.24, 2.45) is 4.99 Å². The number of halogens is 3. The molecule has 1 unspecified atom stereocenters. The van der Waals surface area contributed by atoms with Crippen LogP contribution in [0.5, 0.6) is 5.75 Å². The number of ether oxygens (including phenoxy) is 1. The zero-order chi connectivity index (χ0) is 20.0. The van der Waals surface area contributed by atoms with E-state index in [0.29, 0.717) is 38.6 Å². The Hall–Kier alpha value is -2.48. The summed E-state index contributed by atoms with van der Waals surface area (Å²) in [6, 6.07) is 13.9. The highest BCUT2D eigenvalue weighted by Crippen LogP contribution is 2.25. The molecule has 0 spiro atoms. The monoisotopic (exact) mass is 394 g/mol. The highest BCUT2D eigenvalue weighted by atomic mass is 19.4. The van der Waals surface area contributed by atoms with E-state index in [1.54, 1.807) is 7.05 Å². The largest absolute Gasteiger partial charge is 0.491 e. The maximum Gasteiger partial charge on any atom is 0.401 e. The number of hydrogen-bond donors (Lipinski definition) is 2. The van der Waals surface area contributed by atoms with Gasteiger partial charge < -0.3 is 15.4 Å². The molecule has 1 fully saturated rings. The van der Waals surface area contributed by atoms with Crippen LogP contribution in [0, 0.1) is 0 Å². The van der Waals surface area contributed by atoms with E-state index in [4.69, 9.17) is 4.74 Å². The number of fused-ring (bicyclic) bond motifs is 1. The third-order valence-corrected chi connectivity index (χ3v) is 4.64. The molecule has 0 bridgehead atoms. The van der Waals surface area contributed by atoms with Gasteiger partial charge in [-0.05, 0) is 17.9 Å². The van der Waals surface area contributed by atoms with Crippen LogP contribution in [-0.4, -0.2) is 62.9 Å². The molecular weight excluding hydrogens is 369 g/mol. The molecule has 2 aromatic rings. The molecule has 2 N–H and O–H groups in total. The van der Waals surface area contributed by atoms with Gasteiger partial charge in [0.15, 0.2) is 5.96 Å². The second-order valence-corrected chi connectivity index (χ2v) is 6.80. The summed E-state index contributed by atoms with van der Waals surface area (Å²) in [6.07, 6.45) is -3.50. The van der Waals surface area contributed by atoms with Crippen molar-refractivity contribution in [1.29, 1.82) is 0 Å². The molecule has 0 amide bonds. The minimum Gasteiger partial charge on any atom is -0.491 e. The molecule has 0 aliphatic carbocycles. The molecule has 0 saturated carbocycles. The van der Waals surface area contributed by atoms with Crippen LogP contribution in [0.3, 0.4) is 0 Å². The maximum absolute atomic E-state index is 12.5. The van der Waals surface area contributed by atoms with Crippen LogP contribution < -0.4 is 15.4 Å². The predicted molar refractivity (Wildman–Crippen MR) is 105 cm³/mol. The van der Waals surface area contributed by atoms with Gasteiger partial charge in [-0.2, -0.15) is 13.2 Å². The van der Waals surface area contributed by atoms with Crippen molar-refractivity contribution < 1.29 is 17.9 Å². The second-order valence-electron chi connectivity index (χ2n) is 6.80. The van der Waals surface area contributed by atoms with E-state index < -0.39 is 12.7 Å². The Kier molecular flexibility index (Phi) is 6.61. The Morgan fingerprint density at radius 3 is 2.79 bits per heavy atom. The first-order chi connectivity index (χ1) is 13.4. The Balaban J connectivity index is 1.42.